The van der Waals surface area contributed by atoms with E-state index in [1.54, 1.807) is 4.57 Å². The first-order valence-electron chi connectivity index (χ1n) is 12.8. The van der Waals surface area contributed by atoms with Gasteiger partial charge in [0.25, 0.3) is 0 Å². The molecule has 200 valence electrons. The molecule has 6 rings (SSSR count). The Kier molecular flexibility index (Phi) is 6.95. The fourth-order valence-corrected chi connectivity index (χ4v) is 6.64. The van der Waals surface area contributed by atoms with E-state index in [9.17, 15) is 14.6 Å². The number of phosphoric ester groups is 1. The smallest absolute Gasteiger partial charge is 0.394 e. The van der Waals surface area contributed by atoms with Gasteiger partial charge >= 0.3 is 7.82 Å². The normalized spacial score (nSPS) is 32.9. The minimum Gasteiger partial charge on any atom is -0.394 e. The molecular weight excluding hydrogens is 503 g/mol. The number of imidazole rings is 1. The predicted molar refractivity (Wildman–Crippen MR) is 134 cm³/mol. The molecule has 4 fully saturated rings. The lowest BCUT2D eigenvalue weighted by molar-refractivity contribution is -0.0589. The van der Waals surface area contributed by atoms with Crippen molar-refractivity contribution in [1.29, 1.82) is 0 Å². The standard InChI is InChI=1S/C22H31N8O6P/c31-11-15-17-18(36-37(32,33)35-17)21(34-15)30-12-23-16-19(28-24-9-13-5-1-2-6-13)26-22(27-20(16)30)29-25-10-14-7-3-4-8-14/h9-10,12-15,17-18,21,31H,1-8,11H2,(H,32,33)(H2,26,27,28,29)/b24-9-,25-10-/t15-,17?,18?,21-/m1/s1. The molecule has 0 radical (unpaired) electrons. The van der Waals surface area contributed by atoms with Crippen LogP contribution in [-0.4, -0.2) is 66.9 Å². The molecule has 4 N–H and O–H groups in total. The lowest BCUT2D eigenvalue weighted by Gasteiger charge is -2.18. The monoisotopic (exact) mass is 534 g/mol. The van der Waals surface area contributed by atoms with Crippen LogP contribution in [0.25, 0.3) is 11.2 Å². The molecule has 4 aliphatic rings. The Morgan fingerprint density at radius 1 is 1.03 bits per heavy atom. The summed E-state index contributed by atoms with van der Waals surface area (Å²) >= 11 is 0. The van der Waals surface area contributed by atoms with Crippen LogP contribution in [0, 0.1) is 11.8 Å². The van der Waals surface area contributed by atoms with E-state index in [4.69, 9.17) is 13.8 Å². The molecule has 0 aromatic carbocycles. The maximum absolute atomic E-state index is 12.1. The number of hydrogen-bond acceptors (Lipinski definition) is 12. The molecule has 0 spiro atoms. The first-order valence-corrected chi connectivity index (χ1v) is 14.3. The Morgan fingerprint density at radius 2 is 1.68 bits per heavy atom. The van der Waals surface area contributed by atoms with Crippen LogP contribution in [-0.2, 0) is 18.3 Å². The lowest BCUT2D eigenvalue weighted by atomic mass is 10.1. The highest BCUT2D eigenvalue weighted by Gasteiger charge is 2.57. The Hall–Kier alpha value is -2.48. The molecule has 5 atom stereocenters. The maximum Gasteiger partial charge on any atom is 0.473 e. The second kappa shape index (κ2) is 10.4. The molecule has 0 amide bonds. The number of aromatic nitrogens is 4. The first kappa shape index (κ1) is 24.8. The molecule has 0 bridgehead atoms. The van der Waals surface area contributed by atoms with Crippen LogP contribution in [0.15, 0.2) is 16.5 Å². The summed E-state index contributed by atoms with van der Waals surface area (Å²) in [5.41, 5.74) is 6.71. The van der Waals surface area contributed by atoms with Crippen molar-refractivity contribution in [3.63, 3.8) is 0 Å². The number of phosphoric acid groups is 1. The predicted octanol–water partition coefficient (Wildman–Crippen LogP) is 2.78. The number of aliphatic hydroxyl groups is 1. The van der Waals surface area contributed by atoms with Gasteiger partial charge in [-0.25, -0.2) is 15.0 Å². The molecule has 2 aromatic heterocycles. The number of hydrogen-bond donors (Lipinski definition) is 4. The van der Waals surface area contributed by atoms with Gasteiger partial charge in [-0.05, 0) is 37.5 Å². The molecule has 14 nitrogen and oxygen atoms in total. The Morgan fingerprint density at radius 3 is 2.35 bits per heavy atom. The number of fused-ring (bicyclic) bond motifs is 2. The van der Waals surface area contributed by atoms with Crippen LogP contribution in [0.1, 0.15) is 57.6 Å². The third-order valence-corrected chi connectivity index (χ3v) is 8.40. The number of aliphatic hydroxyl groups excluding tert-OH is 1. The number of hydrazone groups is 2. The van der Waals surface area contributed by atoms with E-state index in [1.807, 2.05) is 12.4 Å². The Bertz CT molecular complexity index is 1230. The zero-order valence-corrected chi connectivity index (χ0v) is 21.1. The van der Waals surface area contributed by atoms with Gasteiger partial charge in [-0.1, -0.05) is 25.7 Å². The molecule has 2 saturated heterocycles. The van der Waals surface area contributed by atoms with E-state index in [0.29, 0.717) is 28.8 Å². The van der Waals surface area contributed by atoms with Gasteiger partial charge in [-0.2, -0.15) is 20.2 Å². The highest BCUT2D eigenvalue weighted by atomic mass is 31.2. The summed E-state index contributed by atoms with van der Waals surface area (Å²) < 4.78 is 30.0. The molecule has 4 heterocycles. The van der Waals surface area contributed by atoms with Crippen molar-refractivity contribution in [2.24, 2.45) is 22.0 Å². The summed E-state index contributed by atoms with van der Waals surface area (Å²) in [6.07, 6.45) is 11.0. The third-order valence-electron chi connectivity index (χ3n) is 7.38. The van der Waals surface area contributed by atoms with Crippen molar-refractivity contribution >= 4 is 43.2 Å². The van der Waals surface area contributed by atoms with Crippen molar-refractivity contribution in [2.75, 3.05) is 17.5 Å². The molecular formula is C22H31N8O6P. The van der Waals surface area contributed by atoms with Crippen LogP contribution in [0.5, 0.6) is 0 Å². The minimum absolute atomic E-state index is 0.228. The summed E-state index contributed by atoms with van der Waals surface area (Å²) in [5.74, 6) is 1.47. The van der Waals surface area contributed by atoms with E-state index in [2.05, 4.69) is 36.0 Å². The van der Waals surface area contributed by atoms with E-state index < -0.39 is 39.0 Å². The summed E-state index contributed by atoms with van der Waals surface area (Å²) in [4.78, 5) is 23.5. The second-order valence-electron chi connectivity index (χ2n) is 9.95. The van der Waals surface area contributed by atoms with Crippen LogP contribution >= 0.6 is 7.82 Å². The zero-order chi connectivity index (χ0) is 25.4. The SMILES string of the molecule is O=P1(O)OC2C(O1)[C@@H](CO)O[C@H]2n1cnc2c(N/N=C\C3CCCC3)nc(N/N=C\C3CCCC3)nc21. The Labute approximate surface area is 213 Å². The van der Waals surface area contributed by atoms with Gasteiger partial charge in [0.05, 0.1) is 12.9 Å². The highest BCUT2D eigenvalue weighted by molar-refractivity contribution is 7.47. The largest absolute Gasteiger partial charge is 0.473 e. The summed E-state index contributed by atoms with van der Waals surface area (Å²) in [5, 5.41) is 18.5. The second-order valence-corrected chi connectivity index (χ2v) is 11.3. The van der Waals surface area contributed by atoms with E-state index in [0.717, 1.165) is 25.7 Å². The number of nitrogens with zero attached hydrogens (tertiary/aromatic N) is 6. The molecule has 3 unspecified atom stereocenters. The number of rotatable bonds is 8. The highest BCUT2D eigenvalue weighted by Crippen LogP contribution is 2.58. The van der Waals surface area contributed by atoms with Gasteiger partial charge in [0.2, 0.25) is 5.95 Å². The third kappa shape index (κ3) is 5.14. The molecule has 2 aromatic rings. The summed E-state index contributed by atoms with van der Waals surface area (Å²) in [7, 11) is -4.26. The fraction of sp³-hybridized carbons (Fsp3) is 0.682. The quantitative estimate of drug-likeness (QED) is 0.222. The average Bonchev–Trinajstić information content (AvgIpc) is 3.69. The zero-order valence-electron chi connectivity index (χ0n) is 20.2. The van der Waals surface area contributed by atoms with Gasteiger partial charge in [-0.3, -0.25) is 19.0 Å². The van der Waals surface area contributed by atoms with E-state index in [1.165, 1.54) is 32.0 Å². The summed E-state index contributed by atoms with van der Waals surface area (Å²) in [6, 6.07) is 0. The van der Waals surface area contributed by atoms with Crippen molar-refractivity contribution < 1.29 is 28.3 Å². The first-order chi connectivity index (χ1) is 18.0. The van der Waals surface area contributed by atoms with Gasteiger partial charge in [0, 0.05) is 12.4 Å². The van der Waals surface area contributed by atoms with Crippen LogP contribution in [0.3, 0.4) is 0 Å². The van der Waals surface area contributed by atoms with Crippen molar-refractivity contribution in [3.05, 3.63) is 6.33 Å². The average molecular weight is 535 g/mol. The lowest BCUT2D eigenvalue weighted by Crippen LogP contribution is -2.30. The summed E-state index contributed by atoms with van der Waals surface area (Å²) in [6.45, 7) is -0.409. The van der Waals surface area contributed by atoms with Gasteiger partial charge in [0.1, 0.15) is 18.3 Å². The number of nitrogens with one attached hydrogen (secondary N) is 2. The number of ether oxygens (including phenoxy) is 1. The van der Waals surface area contributed by atoms with Crippen molar-refractivity contribution in [3.8, 4) is 0 Å². The van der Waals surface area contributed by atoms with Crippen molar-refractivity contribution in [2.45, 2.75) is 75.9 Å². The molecule has 2 aliphatic carbocycles. The van der Waals surface area contributed by atoms with E-state index in [-0.39, 0.29) is 5.95 Å². The van der Waals surface area contributed by atoms with Crippen LogP contribution in [0.2, 0.25) is 0 Å². The molecule has 37 heavy (non-hydrogen) atoms. The maximum atomic E-state index is 12.1. The topological polar surface area (TPSA) is 178 Å². The molecule has 15 heteroatoms. The number of anilines is 2. The van der Waals surface area contributed by atoms with Gasteiger partial charge in [-0.15, -0.1) is 0 Å². The van der Waals surface area contributed by atoms with E-state index >= 15 is 0 Å². The van der Waals surface area contributed by atoms with Crippen LogP contribution < -0.4 is 10.9 Å². The van der Waals surface area contributed by atoms with Gasteiger partial charge < -0.3 is 14.7 Å². The minimum atomic E-state index is -4.26. The fourth-order valence-electron chi connectivity index (χ4n) is 5.50. The molecule has 2 saturated carbocycles. The van der Waals surface area contributed by atoms with Crippen LogP contribution in [0.4, 0.5) is 11.8 Å². The Balaban J connectivity index is 1.32. The van der Waals surface area contributed by atoms with Crippen molar-refractivity contribution in [1.82, 2.24) is 19.5 Å². The van der Waals surface area contributed by atoms with Gasteiger partial charge in [0.15, 0.2) is 23.2 Å². The molecule has 2 aliphatic heterocycles.